The number of rotatable bonds is 5. The number of halogens is 2. The number of ether oxygens (including phenoxy) is 1. The quantitative estimate of drug-likeness (QED) is 0.799. The van der Waals surface area contributed by atoms with Crippen LogP contribution in [0.5, 0.6) is 0 Å². The average molecular weight is 261 g/mol. The Morgan fingerprint density at radius 3 is 2.62 bits per heavy atom. The van der Waals surface area contributed by atoms with Crippen LogP contribution in [0, 0.1) is 0 Å². The Hall–Kier alpha value is -0.570. The third-order valence-corrected chi connectivity index (χ3v) is 2.67. The molecule has 0 bridgehead atoms. The lowest BCUT2D eigenvalue weighted by Gasteiger charge is -2.16. The molecule has 4 heteroatoms. The molecule has 0 heterocycles. The Bertz CT molecular complexity index is 377. The van der Waals surface area contributed by atoms with Gasteiger partial charge < -0.3 is 4.74 Å². The molecule has 0 fully saturated rings. The zero-order valence-electron chi connectivity index (χ0n) is 9.30. The molecule has 0 aromatic heterocycles. The molecule has 1 aromatic carbocycles. The van der Waals surface area contributed by atoms with Gasteiger partial charge in [0.25, 0.3) is 0 Å². The van der Waals surface area contributed by atoms with E-state index < -0.39 is 6.10 Å². The first kappa shape index (κ1) is 13.5. The lowest BCUT2D eigenvalue weighted by molar-refractivity contribution is -0.128. The van der Waals surface area contributed by atoms with Crippen molar-refractivity contribution >= 4 is 29.0 Å². The van der Waals surface area contributed by atoms with Gasteiger partial charge in [0.15, 0.2) is 5.78 Å². The van der Waals surface area contributed by atoms with Crippen molar-refractivity contribution in [2.75, 3.05) is 6.61 Å². The summed E-state index contributed by atoms with van der Waals surface area (Å²) in [6, 6.07) is 5.05. The molecular weight excluding hydrogens is 247 g/mol. The van der Waals surface area contributed by atoms with Gasteiger partial charge in [-0.2, -0.15) is 0 Å². The van der Waals surface area contributed by atoms with E-state index in [1.807, 2.05) is 6.92 Å². The average Bonchev–Trinajstić information content (AvgIpc) is 2.20. The minimum Gasteiger partial charge on any atom is -0.366 e. The van der Waals surface area contributed by atoms with Gasteiger partial charge in [0.1, 0.15) is 6.10 Å². The Balaban J connectivity index is 2.96. The fourth-order valence-corrected chi connectivity index (χ4v) is 1.88. The zero-order chi connectivity index (χ0) is 12.1. The van der Waals surface area contributed by atoms with Crippen molar-refractivity contribution in [2.45, 2.75) is 26.4 Å². The largest absolute Gasteiger partial charge is 0.366 e. The lowest BCUT2D eigenvalue weighted by Crippen LogP contribution is -2.14. The van der Waals surface area contributed by atoms with Gasteiger partial charge in [-0.15, -0.1) is 0 Å². The third-order valence-electron chi connectivity index (χ3n) is 2.10. The first-order valence-electron chi connectivity index (χ1n) is 5.13. The summed E-state index contributed by atoms with van der Waals surface area (Å²) >= 11 is 11.8. The van der Waals surface area contributed by atoms with E-state index in [0.717, 1.165) is 6.42 Å². The number of ketones is 1. The number of hydrogen-bond acceptors (Lipinski definition) is 2. The van der Waals surface area contributed by atoms with Crippen molar-refractivity contribution < 1.29 is 9.53 Å². The minimum absolute atomic E-state index is 0.0577. The maximum atomic E-state index is 11.5. The molecule has 16 heavy (non-hydrogen) atoms. The normalized spacial score (nSPS) is 12.5. The van der Waals surface area contributed by atoms with E-state index in [1.54, 1.807) is 18.2 Å². The van der Waals surface area contributed by atoms with Crippen LogP contribution in [0.15, 0.2) is 18.2 Å². The van der Waals surface area contributed by atoms with Crippen LogP contribution in [0.4, 0.5) is 0 Å². The Morgan fingerprint density at radius 1 is 1.44 bits per heavy atom. The van der Waals surface area contributed by atoms with Crippen LogP contribution in [-0.4, -0.2) is 12.4 Å². The third kappa shape index (κ3) is 3.48. The van der Waals surface area contributed by atoms with Crippen molar-refractivity contribution in [3.63, 3.8) is 0 Å². The standard InChI is InChI=1S/C12H14Cl2O2/c1-3-6-16-12(8(2)15)10-5-4-9(13)7-11(10)14/h4-5,7,12H,3,6H2,1-2H3. The van der Waals surface area contributed by atoms with E-state index in [-0.39, 0.29) is 5.78 Å². The van der Waals surface area contributed by atoms with Crippen molar-refractivity contribution in [3.8, 4) is 0 Å². The Labute approximate surface area is 106 Å². The number of hydrogen-bond donors (Lipinski definition) is 0. The summed E-state index contributed by atoms with van der Waals surface area (Å²) in [7, 11) is 0. The van der Waals surface area contributed by atoms with Crippen LogP contribution < -0.4 is 0 Å². The highest BCUT2D eigenvalue weighted by Gasteiger charge is 2.19. The monoisotopic (exact) mass is 260 g/mol. The number of Topliss-reactive ketones (excluding diaryl/α,β-unsaturated/α-hetero) is 1. The molecule has 0 amide bonds. The van der Waals surface area contributed by atoms with Crippen molar-refractivity contribution in [1.82, 2.24) is 0 Å². The molecule has 1 atom stereocenters. The van der Waals surface area contributed by atoms with E-state index >= 15 is 0 Å². The van der Waals surface area contributed by atoms with E-state index in [9.17, 15) is 4.79 Å². The van der Waals surface area contributed by atoms with E-state index in [2.05, 4.69) is 0 Å². The summed E-state index contributed by atoms with van der Waals surface area (Å²) in [4.78, 5) is 11.5. The van der Waals surface area contributed by atoms with Crippen LogP contribution in [0.2, 0.25) is 10.0 Å². The summed E-state index contributed by atoms with van der Waals surface area (Å²) in [5.74, 6) is -0.0577. The molecule has 0 saturated heterocycles. The van der Waals surface area contributed by atoms with E-state index in [4.69, 9.17) is 27.9 Å². The molecule has 0 aliphatic heterocycles. The van der Waals surface area contributed by atoms with Gasteiger partial charge in [0.2, 0.25) is 0 Å². The molecule has 1 rings (SSSR count). The number of benzene rings is 1. The number of carbonyl (C=O) groups is 1. The molecule has 0 saturated carbocycles. The van der Waals surface area contributed by atoms with Gasteiger partial charge in [-0.05, 0) is 25.5 Å². The highest BCUT2D eigenvalue weighted by atomic mass is 35.5. The van der Waals surface area contributed by atoms with Crippen LogP contribution in [0.1, 0.15) is 31.9 Å². The summed E-state index contributed by atoms with van der Waals surface area (Å²) in [6.45, 7) is 4.01. The highest BCUT2D eigenvalue weighted by Crippen LogP contribution is 2.29. The van der Waals surface area contributed by atoms with Crippen molar-refractivity contribution in [2.24, 2.45) is 0 Å². The van der Waals surface area contributed by atoms with Gasteiger partial charge in [-0.3, -0.25) is 4.79 Å². The summed E-state index contributed by atoms with van der Waals surface area (Å²) in [5.41, 5.74) is 0.673. The van der Waals surface area contributed by atoms with E-state index in [1.165, 1.54) is 6.92 Å². The molecule has 88 valence electrons. The Kier molecular flexibility index (Phi) is 5.26. The predicted octanol–water partition coefficient (Wildman–Crippen LogP) is 4.05. The molecule has 0 spiro atoms. The van der Waals surface area contributed by atoms with Gasteiger partial charge in [0.05, 0.1) is 0 Å². The second-order valence-corrected chi connectivity index (χ2v) is 4.37. The van der Waals surface area contributed by atoms with E-state index in [0.29, 0.717) is 22.2 Å². The maximum absolute atomic E-state index is 11.5. The smallest absolute Gasteiger partial charge is 0.163 e. The molecule has 0 radical (unpaired) electrons. The van der Waals surface area contributed by atoms with Gasteiger partial charge in [-0.25, -0.2) is 0 Å². The molecule has 0 aliphatic rings. The molecular formula is C12H14Cl2O2. The highest BCUT2D eigenvalue weighted by molar-refractivity contribution is 6.35. The van der Waals surface area contributed by atoms with Gasteiger partial charge >= 0.3 is 0 Å². The second-order valence-electron chi connectivity index (χ2n) is 3.53. The molecule has 0 N–H and O–H groups in total. The van der Waals surface area contributed by atoms with Crippen molar-refractivity contribution in [1.29, 1.82) is 0 Å². The SMILES string of the molecule is CCCOC(C(C)=O)c1ccc(Cl)cc1Cl. The molecule has 1 unspecified atom stereocenters. The topological polar surface area (TPSA) is 26.3 Å². The fraction of sp³-hybridized carbons (Fsp3) is 0.417. The van der Waals surface area contributed by atoms with Gasteiger partial charge in [-0.1, -0.05) is 36.2 Å². The molecule has 0 aliphatic carbocycles. The fourth-order valence-electron chi connectivity index (χ4n) is 1.38. The zero-order valence-corrected chi connectivity index (χ0v) is 10.8. The first-order chi connectivity index (χ1) is 7.56. The predicted molar refractivity (Wildman–Crippen MR) is 66.1 cm³/mol. The maximum Gasteiger partial charge on any atom is 0.163 e. The molecule has 1 aromatic rings. The Morgan fingerprint density at radius 2 is 2.12 bits per heavy atom. The van der Waals surface area contributed by atoms with Crippen LogP contribution in [-0.2, 0) is 9.53 Å². The van der Waals surface area contributed by atoms with Crippen LogP contribution in [0.25, 0.3) is 0 Å². The van der Waals surface area contributed by atoms with Crippen LogP contribution in [0.3, 0.4) is 0 Å². The van der Waals surface area contributed by atoms with Crippen molar-refractivity contribution in [3.05, 3.63) is 33.8 Å². The van der Waals surface area contributed by atoms with Gasteiger partial charge in [0, 0.05) is 22.2 Å². The lowest BCUT2D eigenvalue weighted by atomic mass is 10.1. The minimum atomic E-state index is -0.593. The number of carbonyl (C=O) groups excluding carboxylic acids is 1. The van der Waals surface area contributed by atoms with Crippen LogP contribution >= 0.6 is 23.2 Å². The summed E-state index contributed by atoms with van der Waals surface area (Å²) in [5, 5.41) is 1.01. The second kappa shape index (κ2) is 6.24. The summed E-state index contributed by atoms with van der Waals surface area (Å²) < 4.78 is 5.48. The molecule has 2 nitrogen and oxygen atoms in total. The summed E-state index contributed by atoms with van der Waals surface area (Å²) in [6.07, 6.45) is 0.263. The first-order valence-corrected chi connectivity index (χ1v) is 5.88.